The first-order valence-corrected chi connectivity index (χ1v) is 7.65. The lowest BCUT2D eigenvalue weighted by Gasteiger charge is -2.22. The van der Waals surface area contributed by atoms with Crippen molar-refractivity contribution in [3.8, 4) is 5.75 Å². The highest BCUT2D eigenvalue weighted by atomic mass is 16.8. The first-order chi connectivity index (χ1) is 11.0. The van der Waals surface area contributed by atoms with Gasteiger partial charge >= 0.3 is 0 Å². The first kappa shape index (κ1) is 17.7. The van der Waals surface area contributed by atoms with Crippen LogP contribution in [0.4, 0.5) is 0 Å². The molecule has 23 heavy (non-hydrogen) atoms. The van der Waals surface area contributed by atoms with Crippen LogP contribution in [0, 0.1) is 0 Å². The fourth-order valence-corrected chi connectivity index (χ4v) is 2.61. The Balaban J connectivity index is 2.00. The zero-order valence-electron chi connectivity index (χ0n) is 13.9. The van der Waals surface area contributed by atoms with Gasteiger partial charge in [-0.1, -0.05) is 18.2 Å². The van der Waals surface area contributed by atoms with Crippen molar-refractivity contribution in [3.63, 3.8) is 0 Å². The summed E-state index contributed by atoms with van der Waals surface area (Å²) in [5.74, 6) is 0.0457. The molecule has 126 valence electrons. The molecule has 1 unspecified atom stereocenters. The zero-order valence-corrected chi connectivity index (χ0v) is 13.9. The molecule has 0 N–H and O–H groups in total. The van der Waals surface area contributed by atoms with Crippen LogP contribution in [0.25, 0.3) is 0 Å². The molecule has 2 rings (SSSR count). The van der Waals surface area contributed by atoms with Gasteiger partial charge in [0.2, 0.25) is 0 Å². The Labute approximate surface area is 137 Å². The average Bonchev–Trinajstić information content (AvgIpc) is 2.84. The van der Waals surface area contributed by atoms with Crippen LogP contribution >= 0.6 is 0 Å². The molecule has 5 heteroatoms. The Morgan fingerprint density at radius 1 is 1.30 bits per heavy atom. The number of hydrogen-bond donors (Lipinski definition) is 0. The van der Waals surface area contributed by atoms with E-state index in [1.165, 1.54) is 0 Å². The van der Waals surface area contributed by atoms with E-state index in [9.17, 15) is 4.79 Å². The maximum absolute atomic E-state index is 11.5. The van der Waals surface area contributed by atoms with E-state index in [-0.39, 0.29) is 6.10 Å². The Morgan fingerprint density at radius 2 is 2.00 bits per heavy atom. The van der Waals surface area contributed by atoms with E-state index in [0.29, 0.717) is 13.0 Å². The normalized spacial score (nSPS) is 24.1. The Bertz CT molecular complexity index is 523. The second-order valence-electron chi connectivity index (χ2n) is 5.92. The summed E-state index contributed by atoms with van der Waals surface area (Å²) in [7, 11) is 1.62. The van der Waals surface area contributed by atoms with Crippen LogP contribution in [0.5, 0.6) is 5.75 Å². The lowest BCUT2D eigenvalue weighted by atomic mass is 10.1. The van der Waals surface area contributed by atoms with Crippen molar-refractivity contribution in [1.82, 2.24) is 0 Å². The molecule has 0 saturated carbocycles. The van der Waals surface area contributed by atoms with Gasteiger partial charge in [-0.3, -0.25) is 0 Å². The fourth-order valence-electron chi connectivity index (χ4n) is 2.61. The van der Waals surface area contributed by atoms with Gasteiger partial charge in [-0.05, 0) is 38.0 Å². The van der Waals surface area contributed by atoms with Crippen LogP contribution in [-0.2, 0) is 25.6 Å². The van der Waals surface area contributed by atoms with Gasteiger partial charge in [0, 0.05) is 0 Å². The molecule has 0 bridgehead atoms. The van der Waals surface area contributed by atoms with Crippen LogP contribution < -0.4 is 4.74 Å². The van der Waals surface area contributed by atoms with Crippen molar-refractivity contribution in [1.29, 1.82) is 0 Å². The third kappa shape index (κ3) is 4.64. The van der Waals surface area contributed by atoms with Gasteiger partial charge in [0.05, 0.1) is 19.8 Å². The fraction of sp³-hybridized carbons (Fsp3) is 0.500. The summed E-state index contributed by atoms with van der Waals surface area (Å²) in [4.78, 5) is 11.5. The van der Waals surface area contributed by atoms with E-state index in [1.54, 1.807) is 13.2 Å². The van der Waals surface area contributed by atoms with Crippen molar-refractivity contribution >= 4 is 6.29 Å². The van der Waals surface area contributed by atoms with Crippen LogP contribution in [-0.4, -0.2) is 37.5 Å². The molecule has 0 aromatic heterocycles. The number of benzene rings is 1. The Morgan fingerprint density at radius 3 is 2.57 bits per heavy atom. The molecule has 0 spiro atoms. The summed E-state index contributed by atoms with van der Waals surface area (Å²) in [6.07, 6.45) is 1.75. The smallest absolute Gasteiger partial charge is 0.163 e. The standard InChI is InChI=1S/C18H24O5/c1-5-6-15-17(23-18(2,3)22-15)16(11-19)21-12-13-7-9-14(20-4)10-8-13/h5,7-11,15-17H,1,6,12H2,2-4H3/t15-,16+,17?/m0/s1. The highest BCUT2D eigenvalue weighted by molar-refractivity contribution is 5.57. The molecule has 0 aliphatic carbocycles. The van der Waals surface area contributed by atoms with Crippen LogP contribution in [0.1, 0.15) is 25.8 Å². The Kier molecular flexibility index (Phi) is 5.93. The SMILES string of the molecule is C=CC[C@@H]1OC(C)(C)OC1[C@@H](C=O)OCc1ccc(OC)cc1. The molecule has 1 aromatic carbocycles. The second-order valence-corrected chi connectivity index (χ2v) is 5.92. The number of rotatable bonds is 8. The van der Waals surface area contributed by atoms with Gasteiger partial charge in [0.1, 0.15) is 18.0 Å². The van der Waals surface area contributed by atoms with E-state index in [4.69, 9.17) is 18.9 Å². The molecule has 0 amide bonds. The van der Waals surface area contributed by atoms with Crippen molar-refractivity contribution in [3.05, 3.63) is 42.5 Å². The maximum atomic E-state index is 11.5. The molecule has 1 fully saturated rings. The van der Waals surface area contributed by atoms with Gasteiger partial charge in [-0.2, -0.15) is 0 Å². The van der Waals surface area contributed by atoms with Crippen LogP contribution in [0.3, 0.4) is 0 Å². The number of methoxy groups -OCH3 is 1. The molecule has 0 radical (unpaired) electrons. The minimum Gasteiger partial charge on any atom is -0.497 e. The van der Waals surface area contributed by atoms with Crippen molar-refractivity contribution in [2.45, 2.75) is 51.0 Å². The summed E-state index contributed by atoms with van der Waals surface area (Å²) >= 11 is 0. The van der Waals surface area contributed by atoms with E-state index in [0.717, 1.165) is 17.6 Å². The molecule has 1 aliphatic rings. The van der Waals surface area contributed by atoms with Crippen LogP contribution in [0.2, 0.25) is 0 Å². The van der Waals surface area contributed by atoms with Gasteiger partial charge in [-0.25, -0.2) is 0 Å². The van der Waals surface area contributed by atoms with Crippen LogP contribution in [0.15, 0.2) is 36.9 Å². The molecule has 5 nitrogen and oxygen atoms in total. The molecular formula is C18H24O5. The number of carbonyl (C=O) groups is 1. The largest absolute Gasteiger partial charge is 0.497 e. The van der Waals surface area contributed by atoms with Crippen molar-refractivity contribution < 1.29 is 23.7 Å². The van der Waals surface area contributed by atoms with E-state index >= 15 is 0 Å². The first-order valence-electron chi connectivity index (χ1n) is 7.65. The molecule has 1 aromatic rings. The van der Waals surface area contributed by atoms with Gasteiger partial charge in [0.15, 0.2) is 12.1 Å². The maximum Gasteiger partial charge on any atom is 0.163 e. The summed E-state index contributed by atoms with van der Waals surface area (Å²) in [5.41, 5.74) is 0.955. The highest BCUT2D eigenvalue weighted by Gasteiger charge is 2.45. The number of ether oxygens (including phenoxy) is 4. The number of hydrogen-bond acceptors (Lipinski definition) is 5. The van der Waals surface area contributed by atoms with Gasteiger partial charge in [0.25, 0.3) is 0 Å². The summed E-state index contributed by atoms with van der Waals surface area (Å²) < 4.78 is 22.5. The monoisotopic (exact) mass is 320 g/mol. The minimum absolute atomic E-state index is 0.242. The summed E-state index contributed by atoms with van der Waals surface area (Å²) in [5, 5.41) is 0. The summed E-state index contributed by atoms with van der Waals surface area (Å²) in [6, 6.07) is 7.51. The van der Waals surface area contributed by atoms with E-state index in [2.05, 4.69) is 6.58 Å². The summed E-state index contributed by atoms with van der Waals surface area (Å²) in [6.45, 7) is 7.69. The third-order valence-corrected chi connectivity index (χ3v) is 3.68. The van der Waals surface area contributed by atoms with E-state index in [1.807, 2.05) is 38.1 Å². The topological polar surface area (TPSA) is 54.0 Å². The molecular weight excluding hydrogens is 296 g/mol. The Hall–Kier alpha value is -1.69. The lowest BCUT2D eigenvalue weighted by molar-refractivity contribution is -0.161. The molecule has 1 saturated heterocycles. The number of aldehydes is 1. The second kappa shape index (κ2) is 7.73. The van der Waals surface area contributed by atoms with Crippen molar-refractivity contribution in [2.75, 3.05) is 7.11 Å². The third-order valence-electron chi connectivity index (χ3n) is 3.68. The van der Waals surface area contributed by atoms with Gasteiger partial charge < -0.3 is 23.7 Å². The molecule has 1 heterocycles. The van der Waals surface area contributed by atoms with E-state index < -0.39 is 18.0 Å². The predicted molar refractivity (Wildman–Crippen MR) is 86.3 cm³/mol. The number of carbonyl (C=O) groups excluding carboxylic acids is 1. The minimum atomic E-state index is -0.733. The quantitative estimate of drug-likeness (QED) is 0.544. The predicted octanol–water partition coefficient (Wildman–Crippen LogP) is 2.88. The molecule has 1 aliphatic heterocycles. The molecule has 3 atom stereocenters. The zero-order chi connectivity index (χ0) is 16.9. The average molecular weight is 320 g/mol. The van der Waals surface area contributed by atoms with Gasteiger partial charge in [-0.15, -0.1) is 6.58 Å². The van der Waals surface area contributed by atoms with Crippen molar-refractivity contribution in [2.24, 2.45) is 0 Å². The highest BCUT2D eigenvalue weighted by Crippen LogP contribution is 2.32. The lowest BCUT2D eigenvalue weighted by Crippen LogP contribution is -2.38.